The maximum atomic E-state index is 12.7. The van der Waals surface area contributed by atoms with E-state index in [0.29, 0.717) is 22.7 Å². The minimum atomic E-state index is -0.280. The van der Waals surface area contributed by atoms with Crippen molar-refractivity contribution in [3.8, 4) is 0 Å². The van der Waals surface area contributed by atoms with Gasteiger partial charge in [-0.1, -0.05) is 5.16 Å². The number of nitrogens with zero attached hydrogens (tertiary/aromatic N) is 5. The fourth-order valence-corrected chi connectivity index (χ4v) is 2.56. The first-order chi connectivity index (χ1) is 11.8. The Balaban J connectivity index is 1.85. The summed E-state index contributed by atoms with van der Waals surface area (Å²) >= 11 is 0. The topological polar surface area (TPSA) is 108 Å². The molecule has 0 aliphatic rings. The van der Waals surface area contributed by atoms with Gasteiger partial charge in [0.25, 0.3) is 5.56 Å². The Kier molecular flexibility index (Phi) is 4.15. The first-order valence-corrected chi connectivity index (χ1v) is 7.93. The highest BCUT2D eigenvalue weighted by atomic mass is 16.5. The van der Waals surface area contributed by atoms with Crippen molar-refractivity contribution < 1.29 is 9.32 Å². The molecule has 0 spiro atoms. The zero-order valence-electron chi connectivity index (χ0n) is 14.6. The Hall–Kier alpha value is -2.97. The molecule has 0 unspecified atom stereocenters. The largest absolute Gasteiger partial charge is 0.363 e. The van der Waals surface area contributed by atoms with Crippen LogP contribution in [0.15, 0.2) is 27.8 Å². The van der Waals surface area contributed by atoms with E-state index in [1.165, 1.54) is 17.0 Å². The van der Waals surface area contributed by atoms with E-state index in [4.69, 9.17) is 0 Å². The standard InChI is InChI=1S/C16H20N6O3/c1-10-18-14-11(9-17-22(14)16(2,3)4)15(24)21(10)7-5-13(23)19-12-6-8-25-20-12/h6,8-9H,5,7H2,1-4H3,(H,19,20,23). The summed E-state index contributed by atoms with van der Waals surface area (Å²) in [5.41, 5.74) is 0.0719. The third-order valence-corrected chi connectivity index (χ3v) is 3.78. The van der Waals surface area contributed by atoms with E-state index >= 15 is 0 Å². The fourth-order valence-electron chi connectivity index (χ4n) is 2.56. The number of hydrogen-bond donors (Lipinski definition) is 1. The van der Waals surface area contributed by atoms with Crippen LogP contribution in [0.2, 0.25) is 0 Å². The first kappa shape index (κ1) is 16.9. The molecule has 3 rings (SSSR count). The molecule has 0 saturated carbocycles. The van der Waals surface area contributed by atoms with Crippen molar-refractivity contribution in [2.24, 2.45) is 0 Å². The van der Waals surface area contributed by atoms with Crippen molar-refractivity contribution in [3.63, 3.8) is 0 Å². The van der Waals surface area contributed by atoms with Gasteiger partial charge in [0, 0.05) is 19.0 Å². The molecule has 0 bridgehead atoms. The van der Waals surface area contributed by atoms with Gasteiger partial charge in [0.15, 0.2) is 11.5 Å². The monoisotopic (exact) mass is 344 g/mol. The lowest BCUT2D eigenvalue weighted by Crippen LogP contribution is -2.28. The van der Waals surface area contributed by atoms with Gasteiger partial charge in [0.2, 0.25) is 5.91 Å². The van der Waals surface area contributed by atoms with E-state index in [1.54, 1.807) is 17.7 Å². The zero-order valence-corrected chi connectivity index (χ0v) is 14.6. The summed E-state index contributed by atoms with van der Waals surface area (Å²) in [6.45, 7) is 7.96. The van der Waals surface area contributed by atoms with Crippen LogP contribution in [0.1, 0.15) is 33.0 Å². The smallest absolute Gasteiger partial charge is 0.264 e. The van der Waals surface area contributed by atoms with Crippen molar-refractivity contribution in [2.45, 2.75) is 46.2 Å². The molecule has 9 nitrogen and oxygen atoms in total. The molecular weight excluding hydrogens is 324 g/mol. The zero-order chi connectivity index (χ0) is 18.2. The molecule has 3 aromatic heterocycles. The van der Waals surface area contributed by atoms with Crippen molar-refractivity contribution in [3.05, 3.63) is 34.7 Å². The van der Waals surface area contributed by atoms with Gasteiger partial charge in [-0.05, 0) is 27.7 Å². The van der Waals surface area contributed by atoms with Gasteiger partial charge < -0.3 is 9.84 Å². The van der Waals surface area contributed by atoms with E-state index in [1.807, 2.05) is 20.8 Å². The Morgan fingerprint density at radius 3 is 2.76 bits per heavy atom. The highest BCUT2D eigenvalue weighted by molar-refractivity contribution is 5.89. The van der Waals surface area contributed by atoms with Gasteiger partial charge in [-0.3, -0.25) is 14.2 Å². The molecule has 3 aromatic rings. The van der Waals surface area contributed by atoms with Crippen LogP contribution in [-0.4, -0.2) is 30.4 Å². The Labute approximate surface area is 143 Å². The van der Waals surface area contributed by atoms with Gasteiger partial charge in [0.05, 0.1) is 11.7 Å². The number of carbonyl (C=O) groups is 1. The van der Waals surface area contributed by atoms with Crippen LogP contribution in [0, 0.1) is 6.92 Å². The van der Waals surface area contributed by atoms with E-state index < -0.39 is 0 Å². The second-order valence-electron chi connectivity index (χ2n) is 6.76. The van der Waals surface area contributed by atoms with Gasteiger partial charge in [-0.15, -0.1) is 0 Å². The summed E-state index contributed by atoms with van der Waals surface area (Å²) in [5.74, 6) is 0.623. The predicted octanol–water partition coefficient (Wildman–Crippen LogP) is 1.67. The summed E-state index contributed by atoms with van der Waals surface area (Å²) < 4.78 is 7.88. The van der Waals surface area contributed by atoms with Crippen LogP contribution in [0.4, 0.5) is 5.82 Å². The molecule has 0 aliphatic heterocycles. The minimum Gasteiger partial charge on any atom is -0.363 e. The Morgan fingerprint density at radius 2 is 2.12 bits per heavy atom. The number of anilines is 1. The van der Waals surface area contributed by atoms with Crippen LogP contribution in [-0.2, 0) is 16.9 Å². The number of fused-ring (bicyclic) bond motifs is 1. The number of hydrogen-bond acceptors (Lipinski definition) is 6. The molecule has 0 aromatic carbocycles. The summed E-state index contributed by atoms with van der Waals surface area (Å²) in [6.07, 6.45) is 3.02. The van der Waals surface area contributed by atoms with Gasteiger partial charge >= 0.3 is 0 Å². The summed E-state index contributed by atoms with van der Waals surface area (Å²) in [7, 11) is 0. The number of nitrogens with one attached hydrogen (secondary N) is 1. The SMILES string of the molecule is Cc1nc2c(cnn2C(C)(C)C)c(=O)n1CCC(=O)Nc1ccon1. The molecular formula is C16H20N6O3. The molecule has 25 heavy (non-hydrogen) atoms. The number of aryl methyl sites for hydroxylation is 1. The lowest BCUT2D eigenvalue weighted by Gasteiger charge is -2.20. The van der Waals surface area contributed by atoms with Crippen LogP contribution in [0.5, 0.6) is 0 Å². The maximum absolute atomic E-state index is 12.7. The number of carbonyl (C=O) groups excluding carboxylic acids is 1. The van der Waals surface area contributed by atoms with E-state index in [-0.39, 0.29) is 30.0 Å². The molecule has 0 radical (unpaired) electrons. The molecule has 0 saturated heterocycles. The Morgan fingerprint density at radius 1 is 1.36 bits per heavy atom. The van der Waals surface area contributed by atoms with Gasteiger partial charge in [0.1, 0.15) is 17.5 Å². The summed E-state index contributed by atoms with van der Waals surface area (Å²) in [6, 6.07) is 1.55. The number of aromatic nitrogens is 5. The number of amides is 1. The average Bonchev–Trinajstić information content (AvgIpc) is 3.15. The molecule has 1 amide bonds. The number of rotatable bonds is 4. The molecule has 1 N–H and O–H groups in total. The molecule has 9 heteroatoms. The highest BCUT2D eigenvalue weighted by Crippen LogP contribution is 2.18. The van der Waals surface area contributed by atoms with E-state index in [9.17, 15) is 9.59 Å². The lowest BCUT2D eigenvalue weighted by molar-refractivity contribution is -0.116. The predicted molar refractivity (Wildman–Crippen MR) is 91.3 cm³/mol. The van der Waals surface area contributed by atoms with Gasteiger partial charge in [-0.25, -0.2) is 9.67 Å². The van der Waals surface area contributed by atoms with Gasteiger partial charge in [-0.2, -0.15) is 5.10 Å². The van der Waals surface area contributed by atoms with Crippen LogP contribution >= 0.6 is 0 Å². The normalized spacial score (nSPS) is 11.8. The maximum Gasteiger partial charge on any atom is 0.264 e. The fraction of sp³-hybridized carbons (Fsp3) is 0.438. The van der Waals surface area contributed by atoms with Crippen molar-refractivity contribution in [2.75, 3.05) is 5.32 Å². The first-order valence-electron chi connectivity index (χ1n) is 7.93. The molecule has 0 fully saturated rings. The second kappa shape index (κ2) is 6.15. The molecule has 132 valence electrons. The van der Waals surface area contributed by atoms with E-state index in [2.05, 4.69) is 25.1 Å². The molecule has 0 atom stereocenters. The average molecular weight is 344 g/mol. The van der Waals surface area contributed by atoms with Crippen LogP contribution < -0.4 is 10.9 Å². The minimum absolute atomic E-state index is 0.119. The lowest BCUT2D eigenvalue weighted by atomic mass is 10.1. The molecule has 0 aliphatic carbocycles. The van der Waals surface area contributed by atoms with E-state index in [0.717, 1.165) is 0 Å². The summed E-state index contributed by atoms with van der Waals surface area (Å²) in [4.78, 5) is 29.2. The third kappa shape index (κ3) is 3.30. The van der Waals surface area contributed by atoms with Crippen molar-refractivity contribution >= 4 is 22.8 Å². The quantitative estimate of drug-likeness (QED) is 0.771. The third-order valence-electron chi connectivity index (χ3n) is 3.78. The Bertz CT molecular complexity index is 962. The highest BCUT2D eigenvalue weighted by Gasteiger charge is 2.21. The summed E-state index contributed by atoms with van der Waals surface area (Å²) in [5, 5.41) is 11.0. The van der Waals surface area contributed by atoms with Crippen LogP contribution in [0.25, 0.3) is 11.0 Å². The van der Waals surface area contributed by atoms with Crippen molar-refractivity contribution in [1.29, 1.82) is 0 Å². The molecule has 3 heterocycles. The second-order valence-corrected chi connectivity index (χ2v) is 6.76. The van der Waals surface area contributed by atoms with Crippen molar-refractivity contribution in [1.82, 2.24) is 24.5 Å². The van der Waals surface area contributed by atoms with Crippen LogP contribution in [0.3, 0.4) is 0 Å².